The van der Waals surface area contributed by atoms with Gasteiger partial charge in [0.15, 0.2) is 21.6 Å². The number of hydrogen-bond donors (Lipinski definition) is 3. The topological polar surface area (TPSA) is 125 Å². The zero-order valence-corrected chi connectivity index (χ0v) is 19.2. The molecule has 0 aliphatic rings. The van der Waals surface area contributed by atoms with Gasteiger partial charge >= 0.3 is 0 Å². The van der Waals surface area contributed by atoms with Crippen LogP contribution in [0.4, 0.5) is 0 Å². The van der Waals surface area contributed by atoms with Crippen molar-refractivity contribution in [2.24, 2.45) is 4.99 Å². The number of nitrogens with zero attached hydrogens (tertiary/aromatic N) is 3. The minimum Gasteiger partial charge on any atom is -0.461 e. The first kappa shape index (κ1) is 22.9. The van der Waals surface area contributed by atoms with Crippen molar-refractivity contribution in [1.29, 1.82) is 0 Å². The van der Waals surface area contributed by atoms with E-state index in [9.17, 15) is 8.42 Å². The molecule has 3 N–H and O–H groups in total. The van der Waals surface area contributed by atoms with E-state index in [1.54, 1.807) is 37.6 Å². The summed E-state index contributed by atoms with van der Waals surface area (Å²) < 4.78 is 28.2. The number of halogens is 1. The second-order valence-corrected chi connectivity index (χ2v) is 8.12. The van der Waals surface area contributed by atoms with Crippen LogP contribution in [0.25, 0.3) is 11.6 Å². The van der Waals surface area contributed by atoms with E-state index in [1.807, 2.05) is 12.1 Å². The predicted octanol–water partition coefficient (Wildman–Crippen LogP) is 1.99. The third-order valence-electron chi connectivity index (χ3n) is 3.98. The summed E-state index contributed by atoms with van der Waals surface area (Å²) in [5.41, 5.74) is 1.04. The molecular formula is C18H23IN6O3S. The van der Waals surface area contributed by atoms with Gasteiger partial charge in [-0.15, -0.1) is 29.1 Å². The monoisotopic (exact) mass is 530 g/mol. The second kappa shape index (κ2) is 10.4. The van der Waals surface area contributed by atoms with E-state index in [1.165, 1.54) is 6.26 Å². The highest BCUT2D eigenvalue weighted by Gasteiger charge is 2.09. The average molecular weight is 530 g/mol. The molecule has 0 bridgehead atoms. The predicted molar refractivity (Wildman–Crippen MR) is 121 cm³/mol. The number of aromatic nitrogens is 3. The molecule has 0 fully saturated rings. The molecule has 0 aliphatic heterocycles. The lowest BCUT2D eigenvalue weighted by Crippen LogP contribution is -2.38. The molecule has 0 unspecified atom stereocenters. The lowest BCUT2D eigenvalue weighted by Gasteiger charge is -2.11. The highest BCUT2D eigenvalue weighted by molar-refractivity contribution is 14.0. The van der Waals surface area contributed by atoms with E-state index in [2.05, 4.69) is 30.8 Å². The molecule has 2 heterocycles. The number of furan rings is 1. The van der Waals surface area contributed by atoms with Gasteiger partial charge in [0, 0.05) is 19.8 Å². The van der Waals surface area contributed by atoms with Gasteiger partial charge < -0.3 is 15.1 Å². The van der Waals surface area contributed by atoms with Crippen molar-refractivity contribution >= 4 is 39.8 Å². The summed E-state index contributed by atoms with van der Waals surface area (Å²) in [7, 11) is -1.48. The fraction of sp³-hybridized carbons (Fsp3) is 0.278. The molecular weight excluding hydrogens is 507 g/mol. The number of H-pyrrole nitrogens is 1. The van der Waals surface area contributed by atoms with Crippen LogP contribution < -0.4 is 10.6 Å². The van der Waals surface area contributed by atoms with Gasteiger partial charge in [-0.25, -0.2) is 13.4 Å². The smallest absolute Gasteiger partial charge is 0.216 e. The summed E-state index contributed by atoms with van der Waals surface area (Å²) in [4.78, 5) is 8.85. The van der Waals surface area contributed by atoms with Crippen LogP contribution in [0.3, 0.4) is 0 Å². The molecule has 0 atom stereocenters. The van der Waals surface area contributed by atoms with Crippen LogP contribution in [0.2, 0.25) is 0 Å². The maximum atomic E-state index is 11.5. The van der Waals surface area contributed by atoms with Gasteiger partial charge in [0.05, 0.1) is 17.7 Å². The van der Waals surface area contributed by atoms with Crippen molar-refractivity contribution in [2.75, 3.05) is 19.8 Å². The van der Waals surface area contributed by atoms with Crippen molar-refractivity contribution in [2.45, 2.75) is 17.9 Å². The van der Waals surface area contributed by atoms with Crippen LogP contribution in [0.15, 0.2) is 57.0 Å². The minimum atomic E-state index is -3.17. The van der Waals surface area contributed by atoms with Crippen molar-refractivity contribution in [3.8, 4) is 11.6 Å². The second-order valence-electron chi connectivity index (χ2n) is 6.10. The maximum absolute atomic E-state index is 11.5. The summed E-state index contributed by atoms with van der Waals surface area (Å²) in [6.45, 7) is 1.07. The number of aliphatic imine (C=N–C) groups is 1. The van der Waals surface area contributed by atoms with Gasteiger partial charge in [-0.3, -0.25) is 10.1 Å². The van der Waals surface area contributed by atoms with E-state index in [0.29, 0.717) is 41.4 Å². The summed E-state index contributed by atoms with van der Waals surface area (Å²) in [5.74, 6) is 2.39. The van der Waals surface area contributed by atoms with Crippen LogP contribution in [-0.2, 0) is 22.8 Å². The molecule has 156 valence electrons. The number of sulfone groups is 1. The molecule has 29 heavy (non-hydrogen) atoms. The number of benzene rings is 1. The molecule has 0 saturated carbocycles. The first-order chi connectivity index (χ1) is 13.5. The van der Waals surface area contributed by atoms with Crippen LogP contribution >= 0.6 is 24.0 Å². The van der Waals surface area contributed by atoms with E-state index in [0.717, 1.165) is 12.0 Å². The zero-order valence-electron chi connectivity index (χ0n) is 16.0. The first-order valence-corrected chi connectivity index (χ1v) is 10.5. The Labute approximate surface area is 186 Å². The maximum Gasteiger partial charge on any atom is 0.216 e. The van der Waals surface area contributed by atoms with Crippen LogP contribution in [0.1, 0.15) is 11.4 Å². The lowest BCUT2D eigenvalue weighted by molar-refractivity contribution is 0.577. The van der Waals surface area contributed by atoms with Gasteiger partial charge in [0.25, 0.3) is 0 Å². The fourth-order valence-corrected chi connectivity index (χ4v) is 3.14. The Kier molecular flexibility index (Phi) is 8.20. The van der Waals surface area contributed by atoms with E-state index < -0.39 is 9.84 Å². The molecule has 3 rings (SSSR count). The standard InChI is InChI=1S/C18H22N6O3S.HI/c1-19-18(20-10-9-13-5-7-14(8-6-13)28(2,25)26)21-12-16-22-17(24-23-16)15-4-3-11-27-15;/h3-8,11H,9-10,12H2,1-2H3,(H2,19,20,21)(H,22,23,24);1H. The number of guanidine groups is 1. The first-order valence-electron chi connectivity index (χ1n) is 8.64. The Hall–Kier alpha value is -2.41. The number of hydrogen-bond acceptors (Lipinski definition) is 6. The van der Waals surface area contributed by atoms with Crippen molar-refractivity contribution in [1.82, 2.24) is 25.8 Å². The van der Waals surface area contributed by atoms with Crippen molar-refractivity contribution < 1.29 is 12.8 Å². The SMILES string of the molecule is CN=C(NCCc1ccc(S(C)(=O)=O)cc1)NCc1nc(-c2ccco2)n[nH]1.I. The van der Waals surface area contributed by atoms with E-state index in [4.69, 9.17) is 4.42 Å². The number of aromatic amines is 1. The Balaban J connectivity index is 0.00000300. The molecule has 3 aromatic rings. The lowest BCUT2D eigenvalue weighted by atomic mass is 10.1. The molecule has 9 nitrogen and oxygen atoms in total. The fourth-order valence-electron chi connectivity index (χ4n) is 2.51. The summed E-state index contributed by atoms with van der Waals surface area (Å²) in [5, 5.41) is 13.3. The molecule has 2 aromatic heterocycles. The molecule has 0 amide bonds. The molecule has 1 aromatic carbocycles. The van der Waals surface area contributed by atoms with E-state index in [-0.39, 0.29) is 24.0 Å². The molecule has 0 spiro atoms. The van der Waals surface area contributed by atoms with Crippen LogP contribution in [0, 0.1) is 0 Å². The van der Waals surface area contributed by atoms with Gasteiger partial charge in [0.1, 0.15) is 5.82 Å². The van der Waals surface area contributed by atoms with Crippen LogP contribution in [-0.4, -0.2) is 49.4 Å². The van der Waals surface area contributed by atoms with Crippen LogP contribution in [0.5, 0.6) is 0 Å². The molecule has 0 saturated heterocycles. The largest absolute Gasteiger partial charge is 0.461 e. The number of rotatable bonds is 7. The Morgan fingerprint density at radius 3 is 2.59 bits per heavy atom. The van der Waals surface area contributed by atoms with Gasteiger partial charge in [-0.2, -0.15) is 0 Å². The molecule has 0 aliphatic carbocycles. The third-order valence-corrected chi connectivity index (χ3v) is 5.11. The quantitative estimate of drug-likeness (QED) is 0.243. The zero-order chi connectivity index (χ0) is 20.0. The Morgan fingerprint density at radius 2 is 1.97 bits per heavy atom. The summed E-state index contributed by atoms with van der Waals surface area (Å²) in [6.07, 6.45) is 3.51. The summed E-state index contributed by atoms with van der Waals surface area (Å²) >= 11 is 0. The highest BCUT2D eigenvalue weighted by atomic mass is 127. The minimum absolute atomic E-state index is 0. The number of nitrogens with one attached hydrogen (secondary N) is 3. The van der Waals surface area contributed by atoms with Crippen molar-refractivity contribution in [3.05, 3.63) is 54.0 Å². The molecule has 0 radical (unpaired) electrons. The third kappa shape index (κ3) is 6.56. The summed E-state index contributed by atoms with van der Waals surface area (Å²) in [6, 6.07) is 10.5. The Bertz CT molecular complexity index is 1030. The Morgan fingerprint density at radius 1 is 1.21 bits per heavy atom. The van der Waals surface area contributed by atoms with Crippen molar-refractivity contribution in [3.63, 3.8) is 0 Å². The van der Waals surface area contributed by atoms with Gasteiger partial charge in [-0.05, 0) is 36.2 Å². The molecule has 11 heteroatoms. The highest BCUT2D eigenvalue weighted by Crippen LogP contribution is 2.14. The van der Waals surface area contributed by atoms with E-state index >= 15 is 0 Å². The normalized spacial score (nSPS) is 11.7. The van der Waals surface area contributed by atoms with Gasteiger partial charge in [-0.1, -0.05) is 12.1 Å². The van der Waals surface area contributed by atoms with Gasteiger partial charge in [0.2, 0.25) is 5.82 Å². The average Bonchev–Trinajstić information content (AvgIpc) is 3.35.